The maximum absolute atomic E-state index is 13.1. The van der Waals surface area contributed by atoms with E-state index >= 15 is 0 Å². The molecule has 3 nitrogen and oxygen atoms in total. The molecule has 3 atom stereocenters. The first-order valence-corrected chi connectivity index (χ1v) is 11.7. The first-order valence-electron chi connectivity index (χ1n) is 10.2. The monoisotopic (exact) mass is 494 g/mol. The summed E-state index contributed by atoms with van der Waals surface area (Å²) < 4.78 is -1.58. The van der Waals surface area contributed by atoms with Crippen LogP contribution >= 0.6 is 46.4 Å². The zero-order valence-electron chi connectivity index (χ0n) is 17.2. The van der Waals surface area contributed by atoms with Crippen molar-refractivity contribution in [3.05, 3.63) is 75.3 Å². The van der Waals surface area contributed by atoms with Gasteiger partial charge in [0.1, 0.15) is 0 Å². The normalized spacial score (nSPS) is 24.8. The number of alkyl halides is 2. The summed E-state index contributed by atoms with van der Waals surface area (Å²) in [4.78, 5) is 13.1. The van der Waals surface area contributed by atoms with Gasteiger partial charge < -0.3 is 0 Å². The molecule has 1 saturated carbocycles. The average molecular weight is 496 g/mol. The highest BCUT2D eigenvalue weighted by Crippen LogP contribution is 2.47. The Balaban J connectivity index is 1.80. The maximum Gasteiger partial charge on any atom is 0.279 e. The first kappa shape index (κ1) is 22.7. The van der Waals surface area contributed by atoms with Crippen molar-refractivity contribution in [3.63, 3.8) is 0 Å². The Hall–Kier alpha value is -1.52. The molecule has 0 saturated heterocycles. The molecule has 7 heteroatoms. The zero-order valence-corrected chi connectivity index (χ0v) is 20.2. The fourth-order valence-electron chi connectivity index (χ4n) is 4.41. The minimum atomic E-state index is -1.58. The number of rotatable bonds is 3. The second-order valence-corrected chi connectivity index (χ2v) is 11.0. The van der Waals surface area contributed by atoms with Crippen LogP contribution in [0.25, 0.3) is 6.08 Å². The Morgan fingerprint density at radius 2 is 1.65 bits per heavy atom. The van der Waals surface area contributed by atoms with Crippen LogP contribution in [-0.2, 0) is 4.79 Å². The highest BCUT2D eigenvalue weighted by atomic mass is 35.5. The molecule has 0 bridgehead atoms. The number of fused-ring (bicyclic) bond motifs is 1. The van der Waals surface area contributed by atoms with Gasteiger partial charge >= 0.3 is 0 Å². The highest BCUT2D eigenvalue weighted by Gasteiger charge is 2.48. The molecule has 31 heavy (non-hydrogen) atoms. The average Bonchev–Trinajstić information content (AvgIpc) is 3.08. The van der Waals surface area contributed by atoms with E-state index in [0.717, 1.165) is 35.3 Å². The summed E-state index contributed by atoms with van der Waals surface area (Å²) in [5.74, 6) is 0.0463. The third kappa shape index (κ3) is 4.80. The van der Waals surface area contributed by atoms with E-state index in [1.165, 1.54) is 11.9 Å². The molecule has 162 valence electrons. The number of hydrogen-bond acceptors (Lipinski definition) is 2. The van der Waals surface area contributed by atoms with Gasteiger partial charge in [0.25, 0.3) is 5.91 Å². The van der Waals surface area contributed by atoms with E-state index in [1.807, 2.05) is 48.5 Å². The van der Waals surface area contributed by atoms with E-state index in [-0.39, 0.29) is 12.0 Å². The number of benzene rings is 2. The molecular weight excluding hydrogens is 474 g/mol. The van der Waals surface area contributed by atoms with Gasteiger partial charge in [-0.2, -0.15) is 5.10 Å². The Bertz CT molecular complexity index is 1040. The van der Waals surface area contributed by atoms with Gasteiger partial charge in [-0.15, -0.1) is 0 Å². The fraction of sp³-hybridized carbons (Fsp3) is 0.333. The molecule has 2 aromatic carbocycles. The largest absolute Gasteiger partial charge is 0.279 e. The first-order chi connectivity index (χ1) is 14.6. The molecule has 1 amide bonds. The number of hydrazone groups is 1. The van der Waals surface area contributed by atoms with Gasteiger partial charge in [0.15, 0.2) is 4.33 Å². The van der Waals surface area contributed by atoms with E-state index in [9.17, 15) is 4.79 Å². The Morgan fingerprint density at radius 3 is 2.23 bits per heavy atom. The van der Waals surface area contributed by atoms with E-state index in [4.69, 9.17) is 51.5 Å². The molecule has 1 aliphatic carbocycles. The van der Waals surface area contributed by atoms with E-state index < -0.39 is 10.2 Å². The molecular formula is C24H22Cl4N2O. The molecule has 2 aromatic rings. The van der Waals surface area contributed by atoms with E-state index in [2.05, 4.69) is 13.0 Å². The van der Waals surface area contributed by atoms with Crippen LogP contribution < -0.4 is 0 Å². The minimum Gasteiger partial charge on any atom is -0.269 e. The number of allylic oxidation sites excluding steroid dienone is 1. The van der Waals surface area contributed by atoms with Crippen LogP contribution in [0.3, 0.4) is 0 Å². The standard InChI is InChI=1S/C24H22Cl4N2O/c1-14-11-17(13-15-3-7-18(25)8-4-15)21-20(12-14)22(16-5-9-19(26)10-6-16)30(29-21)23(31)24(2,27)28/h3-10,13-14,20,22H,11-12H2,1-2H3. The van der Waals surface area contributed by atoms with Crippen molar-refractivity contribution in [3.8, 4) is 0 Å². The second kappa shape index (κ2) is 8.78. The lowest BCUT2D eigenvalue weighted by Crippen LogP contribution is -2.39. The smallest absolute Gasteiger partial charge is 0.269 e. The van der Waals surface area contributed by atoms with Crippen molar-refractivity contribution in [2.45, 2.75) is 37.1 Å². The molecule has 1 aliphatic heterocycles. The van der Waals surface area contributed by atoms with Crippen molar-refractivity contribution in [2.75, 3.05) is 0 Å². The number of nitrogens with zero attached hydrogens (tertiary/aromatic N) is 2. The molecule has 1 heterocycles. The van der Waals surface area contributed by atoms with Crippen molar-refractivity contribution in [1.82, 2.24) is 5.01 Å². The Kier molecular flexibility index (Phi) is 6.42. The van der Waals surface area contributed by atoms with Crippen LogP contribution in [-0.4, -0.2) is 21.0 Å². The summed E-state index contributed by atoms with van der Waals surface area (Å²) >= 11 is 24.6. The molecule has 0 aromatic heterocycles. The minimum absolute atomic E-state index is 0.0445. The number of carbonyl (C=O) groups is 1. The van der Waals surface area contributed by atoms with Crippen LogP contribution in [0.4, 0.5) is 0 Å². The van der Waals surface area contributed by atoms with Crippen LogP contribution in [0, 0.1) is 11.8 Å². The maximum atomic E-state index is 13.1. The van der Waals surface area contributed by atoms with Gasteiger partial charge in [-0.3, -0.25) is 4.79 Å². The lowest BCUT2D eigenvalue weighted by Gasteiger charge is -2.33. The predicted octanol–water partition coefficient (Wildman–Crippen LogP) is 7.56. The van der Waals surface area contributed by atoms with E-state index in [1.54, 1.807) is 0 Å². The van der Waals surface area contributed by atoms with Gasteiger partial charge in [-0.25, -0.2) is 5.01 Å². The van der Waals surface area contributed by atoms with Crippen LogP contribution in [0.1, 0.15) is 43.9 Å². The second-order valence-electron chi connectivity index (χ2n) is 8.39. The quantitative estimate of drug-likeness (QED) is 0.404. The number of carbonyl (C=O) groups excluding carboxylic acids is 1. The number of halogens is 4. The molecule has 4 rings (SSSR count). The third-order valence-electron chi connectivity index (χ3n) is 5.77. The molecule has 3 unspecified atom stereocenters. The summed E-state index contributed by atoms with van der Waals surface area (Å²) in [5, 5.41) is 7.59. The lowest BCUT2D eigenvalue weighted by atomic mass is 9.73. The summed E-state index contributed by atoms with van der Waals surface area (Å²) in [7, 11) is 0. The van der Waals surface area contributed by atoms with Gasteiger partial charge in [0, 0.05) is 16.0 Å². The van der Waals surface area contributed by atoms with Crippen LogP contribution in [0.15, 0.2) is 59.2 Å². The summed E-state index contributed by atoms with van der Waals surface area (Å²) in [6, 6.07) is 14.9. The summed E-state index contributed by atoms with van der Waals surface area (Å²) in [6.45, 7) is 3.70. The van der Waals surface area contributed by atoms with Gasteiger partial charge in [-0.1, -0.05) is 77.6 Å². The molecule has 0 N–H and O–H groups in total. The Morgan fingerprint density at radius 1 is 1.06 bits per heavy atom. The van der Waals surface area contributed by atoms with Crippen molar-refractivity contribution < 1.29 is 4.79 Å². The van der Waals surface area contributed by atoms with Gasteiger partial charge in [-0.05, 0) is 72.7 Å². The van der Waals surface area contributed by atoms with Gasteiger partial charge in [0.05, 0.1) is 11.8 Å². The highest BCUT2D eigenvalue weighted by molar-refractivity contribution is 6.57. The van der Waals surface area contributed by atoms with Crippen molar-refractivity contribution in [2.24, 2.45) is 16.9 Å². The molecule has 1 fully saturated rings. The van der Waals surface area contributed by atoms with Crippen LogP contribution in [0.5, 0.6) is 0 Å². The summed E-state index contributed by atoms with van der Waals surface area (Å²) in [5.41, 5.74) is 4.03. The van der Waals surface area contributed by atoms with Gasteiger partial charge in [0.2, 0.25) is 0 Å². The lowest BCUT2D eigenvalue weighted by molar-refractivity contribution is -0.134. The van der Waals surface area contributed by atoms with Crippen molar-refractivity contribution >= 4 is 64.1 Å². The fourth-order valence-corrected chi connectivity index (χ4v) is 4.84. The molecule has 0 spiro atoms. The zero-order chi connectivity index (χ0) is 22.3. The number of amides is 1. The van der Waals surface area contributed by atoms with Crippen LogP contribution in [0.2, 0.25) is 10.0 Å². The van der Waals surface area contributed by atoms with E-state index in [0.29, 0.717) is 16.0 Å². The number of hydrogen-bond donors (Lipinski definition) is 0. The topological polar surface area (TPSA) is 32.7 Å². The molecule has 2 aliphatic rings. The Labute approximate surface area is 202 Å². The van der Waals surface area contributed by atoms with Crippen molar-refractivity contribution in [1.29, 1.82) is 0 Å². The summed E-state index contributed by atoms with van der Waals surface area (Å²) in [6.07, 6.45) is 3.92. The predicted molar refractivity (Wildman–Crippen MR) is 130 cm³/mol. The third-order valence-corrected chi connectivity index (χ3v) is 6.60. The SMILES string of the molecule is CC1CC(=Cc2ccc(Cl)cc2)C2=NN(C(=O)C(C)(Cl)Cl)C(c3ccc(Cl)cc3)C2C1. The molecule has 0 radical (unpaired) electrons.